The molecule has 2 aromatic rings. The highest BCUT2D eigenvalue weighted by Gasteiger charge is 2.21. The van der Waals surface area contributed by atoms with Crippen molar-refractivity contribution in [2.45, 2.75) is 13.3 Å². The molecule has 1 saturated heterocycles. The summed E-state index contributed by atoms with van der Waals surface area (Å²) < 4.78 is 0.915. The van der Waals surface area contributed by atoms with Gasteiger partial charge in [0.15, 0.2) is 5.78 Å². The summed E-state index contributed by atoms with van der Waals surface area (Å²) in [6, 6.07) is 14.7. The number of benzene rings is 2. The van der Waals surface area contributed by atoms with Gasteiger partial charge in [-0.2, -0.15) is 0 Å². The molecular formula is C22H24BrN3O3. The van der Waals surface area contributed by atoms with Gasteiger partial charge in [0.2, 0.25) is 5.91 Å². The number of amides is 2. The zero-order chi connectivity index (χ0) is 20.8. The number of nitrogens with zero attached hydrogens (tertiary/aromatic N) is 2. The smallest absolute Gasteiger partial charge is 0.251 e. The third-order valence-electron chi connectivity index (χ3n) is 5.00. The number of halogens is 1. The van der Waals surface area contributed by atoms with Crippen LogP contribution in [0.3, 0.4) is 0 Å². The fourth-order valence-corrected chi connectivity index (χ4v) is 3.53. The van der Waals surface area contributed by atoms with Crippen LogP contribution < -0.4 is 10.2 Å². The topological polar surface area (TPSA) is 69.7 Å². The molecule has 1 aliphatic heterocycles. The molecule has 6 nitrogen and oxygen atoms in total. The molecule has 152 valence electrons. The van der Waals surface area contributed by atoms with Crippen LogP contribution in [0.5, 0.6) is 0 Å². The van der Waals surface area contributed by atoms with Crippen molar-refractivity contribution in [2.75, 3.05) is 37.6 Å². The Bertz CT molecular complexity index is 873. The molecule has 0 radical (unpaired) electrons. The van der Waals surface area contributed by atoms with Crippen molar-refractivity contribution >= 4 is 39.2 Å². The summed E-state index contributed by atoms with van der Waals surface area (Å²) in [7, 11) is 0. The number of ketones is 1. The molecule has 3 rings (SSSR count). The zero-order valence-electron chi connectivity index (χ0n) is 16.4. The van der Waals surface area contributed by atoms with E-state index < -0.39 is 0 Å². The van der Waals surface area contributed by atoms with E-state index >= 15 is 0 Å². The van der Waals surface area contributed by atoms with Gasteiger partial charge in [0.05, 0.1) is 0 Å². The van der Waals surface area contributed by atoms with Crippen molar-refractivity contribution in [3.8, 4) is 0 Å². The number of piperazine rings is 1. The summed E-state index contributed by atoms with van der Waals surface area (Å²) in [5.41, 5.74) is 2.33. The lowest BCUT2D eigenvalue weighted by molar-refractivity contribution is -0.131. The van der Waals surface area contributed by atoms with Gasteiger partial charge in [-0.05, 0) is 55.5 Å². The van der Waals surface area contributed by atoms with Gasteiger partial charge in [0, 0.05) is 60.4 Å². The summed E-state index contributed by atoms with van der Waals surface area (Å²) in [5.74, 6) is -0.0731. The monoisotopic (exact) mass is 457 g/mol. The van der Waals surface area contributed by atoms with Crippen molar-refractivity contribution in [3.63, 3.8) is 0 Å². The van der Waals surface area contributed by atoms with Crippen LogP contribution in [0.25, 0.3) is 0 Å². The number of carbonyl (C=O) groups is 3. The highest BCUT2D eigenvalue weighted by molar-refractivity contribution is 9.10. The second-order valence-corrected chi connectivity index (χ2v) is 7.90. The van der Waals surface area contributed by atoms with E-state index in [9.17, 15) is 14.4 Å². The first-order valence-electron chi connectivity index (χ1n) is 9.61. The van der Waals surface area contributed by atoms with Crippen LogP contribution in [-0.2, 0) is 4.79 Å². The van der Waals surface area contributed by atoms with Crippen molar-refractivity contribution in [2.24, 2.45) is 0 Å². The minimum atomic E-state index is -0.177. The van der Waals surface area contributed by atoms with Crippen molar-refractivity contribution in [1.29, 1.82) is 0 Å². The van der Waals surface area contributed by atoms with E-state index in [1.807, 2.05) is 41.3 Å². The number of hydrogen-bond donors (Lipinski definition) is 1. The quantitative estimate of drug-likeness (QED) is 0.676. The largest absolute Gasteiger partial charge is 0.368 e. The molecule has 0 spiro atoms. The predicted molar refractivity (Wildman–Crippen MR) is 116 cm³/mol. The highest BCUT2D eigenvalue weighted by Crippen LogP contribution is 2.18. The summed E-state index contributed by atoms with van der Waals surface area (Å²) in [5, 5.41) is 2.80. The second kappa shape index (κ2) is 9.69. The normalized spacial score (nSPS) is 13.9. The molecule has 2 amide bonds. The van der Waals surface area contributed by atoms with Gasteiger partial charge < -0.3 is 15.1 Å². The molecule has 0 bridgehead atoms. The second-order valence-electron chi connectivity index (χ2n) is 6.98. The Hall–Kier alpha value is -2.67. The molecule has 29 heavy (non-hydrogen) atoms. The Balaban J connectivity index is 1.42. The maximum Gasteiger partial charge on any atom is 0.251 e. The first kappa shape index (κ1) is 21.0. The van der Waals surface area contributed by atoms with Gasteiger partial charge in [0.1, 0.15) is 0 Å². The molecule has 1 aliphatic rings. The Kier molecular flexibility index (Phi) is 7.04. The first-order chi connectivity index (χ1) is 13.9. The lowest BCUT2D eigenvalue weighted by atomic mass is 10.1. The molecule has 1 N–H and O–H groups in total. The van der Waals surface area contributed by atoms with E-state index in [4.69, 9.17) is 0 Å². The Morgan fingerprint density at radius 3 is 2.07 bits per heavy atom. The molecule has 1 fully saturated rings. The Labute approximate surface area is 179 Å². The van der Waals surface area contributed by atoms with Gasteiger partial charge in [-0.1, -0.05) is 15.9 Å². The third-order valence-corrected chi connectivity index (χ3v) is 5.53. The van der Waals surface area contributed by atoms with E-state index in [-0.39, 0.29) is 24.0 Å². The van der Waals surface area contributed by atoms with E-state index in [0.717, 1.165) is 23.2 Å². The van der Waals surface area contributed by atoms with E-state index in [1.54, 1.807) is 19.1 Å². The van der Waals surface area contributed by atoms with Crippen LogP contribution in [0, 0.1) is 0 Å². The number of nitrogens with one attached hydrogen (secondary N) is 1. The fourth-order valence-electron chi connectivity index (χ4n) is 3.27. The summed E-state index contributed by atoms with van der Waals surface area (Å²) in [6.45, 7) is 4.66. The summed E-state index contributed by atoms with van der Waals surface area (Å²) in [6.07, 6.45) is 0.287. The number of carbonyl (C=O) groups excluding carboxylic acids is 3. The Morgan fingerprint density at radius 2 is 1.48 bits per heavy atom. The van der Waals surface area contributed by atoms with Crippen molar-refractivity contribution in [3.05, 3.63) is 64.1 Å². The van der Waals surface area contributed by atoms with Crippen LogP contribution in [-0.4, -0.2) is 55.2 Å². The lowest BCUT2D eigenvalue weighted by Gasteiger charge is -2.36. The maximum atomic E-state index is 12.4. The molecule has 1 heterocycles. The molecule has 0 aliphatic carbocycles. The van der Waals surface area contributed by atoms with Gasteiger partial charge in [-0.15, -0.1) is 0 Å². The van der Waals surface area contributed by atoms with Crippen molar-refractivity contribution in [1.82, 2.24) is 10.2 Å². The average Bonchev–Trinajstić information content (AvgIpc) is 2.74. The van der Waals surface area contributed by atoms with E-state index in [2.05, 4.69) is 26.1 Å². The SMILES string of the molecule is CC(=O)c1ccc(N2CCN(C(=O)CCNC(=O)c3ccc(Br)cc3)CC2)cc1. The molecule has 7 heteroatoms. The number of rotatable bonds is 6. The molecule has 2 aromatic carbocycles. The van der Waals surface area contributed by atoms with E-state index in [1.165, 1.54) is 0 Å². The van der Waals surface area contributed by atoms with Crippen molar-refractivity contribution < 1.29 is 14.4 Å². The fraction of sp³-hybridized carbons (Fsp3) is 0.318. The highest BCUT2D eigenvalue weighted by atomic mass is 79.9. The predicted octanol–water partition coefficient (Wildman–Crippen LogP) is 3.12. The van der Waals surface area contributed by atoms with Crippen LogP contribution in [0.1, 0.15) is 34.1 Å². The Morgan fingerprint density at radius 1 is 0.897 bits per heavy atom. The number of Topliss-reactive ketones (excluding diaryl/α,β-unsaturated/α-hetero) is 1. The van der Waals surface area contributed by atoms with Gasteiger partial charge in [-0.25, -0.2) is 0 Å². The average molecular weight is 458 g/mol. The van der Waals surface area contributed by atoms with Gasteiger partial charge >= 0.3 is 0 Å². The van der Waals surface area contributed by atoms with Crippen LogP contribution >= 0.6 is 15.9 Å². The van der Waals surface area contributed by atoms with E-state index in [0.29, 0.717) is 30.8 Å². The molecular weight excluding hydrogens is 434 g/mol. The third kappa shape index (κ3) is 5.67. The number of hydrogen-bond acceptors (Lipinski definition) is 4. The summed E-state index contributed by atoms with van der Waals surface area (Å²) in [4.78, 5) is 40.0. The van der Waals surface area contributed by atoms with Crippen LogP contribution in [0.2, 0.25) is 0 Å². The minimum absolute atomic E-state index is 0.0488. The molecule has 0 aromatic heterocycles. The molecule has 0 unspecified atom stereocenters. The minimum Gasteiger partial charge on any atom is -0.368 e. The standard InChI is InChI=1S/C22H24BrN3O3/c1-16(27)17-4-8-20(9-5-17)25-12-14-26(15-13-25)21(28)10-11-24-22(29)18-2-6-19(23)7-3-18/h2-9H,10-15H2,1H3,(H,24,29). The van der Waals surface area contributed by atoms with Gasteiger partial charge in [0.25, 0.3) is 5.91 Å². The van der Waals surface area contributed by atoms with Gasteiger partial charge in [-0.3, -0.25) is 14.4 Å². The summed E-state index contributed by atoms with van der Waals surface area (Å²) >= 11 is 3.34. The lowest BCUT2D eigenvalue weighted by Crippen LogP contribution is -2.49. The molecule has 0 atom stereocenters. The number of anilines is 1. The first-order valence-corrected chi connectivity index (χ1v) is 10.4. The van der Waals surface area contributed by atoms with Crippen LogP contribution in [0.4, 0.5) is 5.69 Å². The van der Waals surface area contributed by atoms with Crippen LogP contribution in [0.15, 0.2) is 53.0 Å². The molecule has 0 saturated carbocycles. The zero-order valence-corrected chi connectivity index (χ0v) is 17.9. The maximum absolute atomic E-state index is 12.4.